The van der Waals surface area contributed by atoms with Gasteiger partial charge in [-0.15, -0.1) is 0 Å². The Bertz CT molecular complexity index is 400. The van der Waals surface area contributed by atoms with E-state index in [4.69, 9.17) is 4.74 Å². The van der Waals surface area contributed by atoms with Crippen molar-refractivity contribution in [2.45, 2.75) is 96.5 Å². The molecule has 2 atom stereocenters. The Hall–Kier alpha value is -0.820. The molecular weight excluding hydrogens is 280 g/mol. The molecule has 23 heavy (non-hydrogen) atoms. The number of aryl methyl sites for hydroxylation is 1. The standard InChI is InChI=1S/C22H36O/c1-3-5-7-8-9-10-19-12-14-20(15-13-19)21-16-17-22(23-18-21)11-6-4-2/h12-15,21-22H,3-11,16-18H2,1-2H3. The van der Waals surface area contributed by atoms with E-state index in [2.05, 4.69) is 38.1 Å². The Morgan fingerprint density at radius 1 is 0.870 bits per heavy atom. The first kappa shape index (κ1) is 18.5. The monoisotopic (exact) mass is 316 g/mol. The van der Waals surface area contributed by atoms with E-state index in [0.717, 1.165) is 6.61 Å². The van der Waals surface area contributed by atoms with Crippen LogP contribution in [0, 0.1) is 0 Å². The second-order valence-corrected chi connectivity index (χ2v) is 7.28. The molecule has 1 nitrogen and oxygen atoms in total. The van der Waals surface area contributed by atoms with Crippen molar-refractivity contribution in [2.24, 2.45) is 0 Å². The molecular formula is C22H36O. The lowest BCUT2D eigenvalue weighted by Crippen LogP contribution is -2.24. The third-order valence-electron chi connectivity index (χ3n) is 5.27. The van der Waals surface area contributed by atoms with Gasteiger partial charge < -0.3 is 4.74 Å². The highest BCUT2D eigenvalue weighted by atomic mass is 16.5. The molecule has 2 unspecified atom stereocenters. The van der Waals surface area contributed by atoms with E-state index in [1.165, 1.54) is 81.8 Å². The third-order valence-corrected chi connectivity index (χ3v) is 5.27. The van der Waals surface area contributed by atoms with Crippen molar-refractivity contribution in [3.8, 4) is 0 Å². The molecule has 2 rings (SSSR count). The molecule has 1 heteroatoms. The summed E-state index contributed by atoms with van der Waals surface area (Å²) in [5.74, 6) is 0.617. The Morgan fingerprint density at radius 3 is 2.26 bits per heavy atom. The Balaban J connectivity index is 1.70. The molecule has 0 spiro atoms. The summed E-state index contributed by atoms with van der Waals surface area (Å²) in [7, 11) is 0. The molecule has 0 amide bonds. The number of benzene rings is 1. The predicted molar refractivity (Wildman–Crippen MR) is 100 cm³/mol. The van der Waals surface area contributed by atoms with Crippen LogP contribution in [0.2, 0.25) is 0 Å². The number of hydrogen-bond donors (Lipinski definition) is 0. The number of rotatable bonds is 10. The Labute approximate surface area is 143 Å². The quantitative estimate of drug-likeness (QED) is 0.439. The van der Waals surface area contributed by atoms with E-state index in [-0.39, 0.29) is 0 Å². The maximum absolute atomic E-state index is 6.08. The molecule has 1 saturated heterocycles. The molecule has 130 valence electrons. The van der Waals surface area contributed by atoms with Gasteiger partial charge in [-0.2, -0.15) is 0 Å². The largest absolute Gasteiger partial charge is 0.378 e. The van der Waals surface area contributed by atoms with E-state index >= 15 is 0 Å². The zero-order valence-electron chi connectivity index (χ0n) is 15.4. The lowest BCUT2D eigenvalue weighted by atomic mass is 9.89. The fraction of sp³-hybridized carbons (Fsp3) is 0.727. The summed E-state index contributed by atoms with van der Waals surface area (Å²) in [5, 5.41) is 0. The van der Waals surface area contributed by atoms with E-state index in [0.29, 0.717) is 12.0 Å². The average molecular weight is 317 g/mol. The number of hydrogen-bond acceptors (Lipinski definition) is 1. The topological polar surface area (TPSA) is 9.23 Å². The number of unbranched alkanes of at least 4 members (excludes halogenated alkanes) is 5. The molecule has 1 aromatic carbocycles. The number of ether oxygens (including phenoxy) is 1. The highest BCUT2D eigenvalue weighted by molar-refractivity contribution is 5.26. The van der Waals surface area contributed by atoms with Gasteiger partial charge >= 0.3 is 0 Å². The maximum atomic E-state index is 6.08. The minimum Gasteiger partial charge on any atom is -0.378 e. The molecule has 1 fully saturated rings. The lowest BCUT2D eigenvalue weighted by molar-refractivity contribution is -0.00189. The third kappa shape index (κ3) is 6.67. The zero-order chi connectivity index (χ0) is 16.3. The van der Waals surface area contributed by atoms with Crippen molar-refractivity contribution in [1.82, 2.24) is 0 Å². The first-order valence-corrected chi connectivity index (χ1v) is 10.0. The summed E-state index contributed by atoms with van der Waals surface area (Å²) in [4.78, 5) is 0. The molecule has 0 bridgehead atoms. The molecule has 1 aromatic rings. The van der Waals surface area contributed by atoms with Crippen molar-refractivity contribution in [3.63, 3.8) is 0 Å². The van der Waals surface area contributed by atoms with Gasteiger partial charge in [-0.1, -0.05) is 76.6 Å². The second-order valence-electron chi connectivity index (χ2n) is 7.28. The van der Waals surface area contributed by atoms with E-state index in [9.17, 15) is 0 Å². The summed E-state index contributed by atoms with van der Waals surface area (Å²) >= 11 is 0. The minimum atomic E-state index is 0.522. The Morgan fingerprint density at radius 2 is 1.61 bits per heavy atom. The van der Waals surface area contributed by atoms with Crippen LogP contribution in [0.25, 0.3) is 0 Å². The van der Waals surface area contributed by atoms with Crippen LogP contribution in [0.15, 0.2) is 24.3 Å². The fourth-order valence-corrected chi connectivity index (χ4v) is 3.62. The smallest absolute Gasteiger partial charge is 0.0575 e. The van der Waals surface area contributed by atoms with Gasteiger partial charge in [0.1, 0.15) is 0 Å². The van der Waals surface area contributed by atoms with Crippen LogP contribution in [-0.2, 0) is 11.2 Å². The van der Waals surface area contributed by atoms with Gasteiger partial charge in [-0.05, 0) is 43.2 Å². The predicted octanol–water partition coefficient (Wildman–Crippen LogP) is 6.65. The van der Waals surface area contributed by atoms with Crippen LogP contribution in [0.5, 0.6) is 0 Å². The van der Waals surface area contributed by atoms with Crippen LogP contribution in [0.1, 0.15) is 95.1 Å². The highest BCUT2D eigenvalue weighted by Crippen LogP contribution is 2.30. The average Bonchev–Trinajstić information content (AvgIpc) is 2.61. The van der Waals surface area contributed by atoms with Gasteiger partial charge in [0.2, 0.25) is 0 Å². The summed E-state index contributed by atoms with van der Waals surface area (Å²) in [6.07, 6.45) is 15.0. The summed E-state index contributed by atoms with van der Waals surface area (Å²) in [5.41, 5.74) is 2.98. The molecule has 0 radical (unpaired) electrons. The lowest BCUT2D eigenvalue weighted by Gasteiger charge is -2.29. The molecule has 0 aliphatic carbocycles. The zero-order valence-corrected chi connectivity index (χ0v) is 15.4. The van der Waals surface area contributed by atoms with Crippen LogP contribution in [0.4, 0.5) is 0 Å². The summed E-state index contributed by atoms with van der Waals surface area (Å²) in [6, 6.07) is 9.39. The van der Waals surface area contributed by atoms with Gasteiger partial charge in [-0.3, -0.25) is 0 Å². The molecule has 1 aliphatic heterocycles. The van der Waals surface area contributed by atoms with Crippen molar-refractivity contribution >= 4 is 0 Å². The molecule has 0 aromatic heterocycles. The van der Waals surface area contributed by atoms with Gasteiger partial charge in [-0.25, -0.2) is 0 Å². The van der Waals surface area contributed by atoms with Gasteiger partial charge in [0.25, 0.3) is 0 Å². The SMILES string of the molecule is CCCCCCCc1ccc(C2CCC(CCCC)OC2)cc1. The van der Waals surface area contributed by atoms with Gasteiger partial charge in [0.15, 0.2) is 0 Å². The highest BCUT2D eigenvalue weighted by Gasteiger charge is 2.22. The minimum absolute atomic E-state index is 0.522. The van der Waals surface area contributed by atoms with Crippen LogP contribution in [-0.4, -0.2) is 12.7 Å². The van der Waals surface area contributed by atoms with E-state index in [1.807, 2.05) is 0 Å². The normalized spacial score (nSPS) is 21.5. The van der Waals surface area contributed by atoms with Gasteiger partial charge in [0, 0.05) is 5.92 Å². The van der Waals surface area contributed by atoms with Gasteiger partial charge in [0.05, 0.1) is 12.7 Å². The summed E-state index contributed by atoms with van der Waals surface area (Å²) < 4.78 is 6.08. The van der Waals surface area contributed by atoms with Crippen molar-refractivity contribution in [1.29, 1.82) is 0 Å². The molecule has 1 aliphatic rings. The Kier molecular flexibility index (Phi) is 8.74. The summed E-state index contributed by atoms with van der Waals surface area (Å²) in [6.45, 7) is 5.46. The van der Waals surface area contributed by atoms with E-state index < -0.39 is 0 Å². The first-order chi connectivity index (χ1) is 11.3. The fourth-order valence-electron chi connectivity index (χ4n) is 3.62. The van der Waals surface area contributed by atoms with Crippen molar-refractivity contribution in [2.75, 3.05) is 6.61 Å². The van der Waals surface area contributed by atoms with E-state index in [1.54, 1.807) is 0 Å². The molecule has 0 saturated carbocycles. The van der Waals surface area contributed by atoms with Crippen LogP contribution < -0.4 is 0 Å². The van der Waals surface area contributed by atoms with Crippen LogP contribution >= 0.6 is 0 Å². The maximum Gasteiger partial charge on any atom is 0.0575 e. The van der Waals surface area contributed by atoms with Crippen molar-refractivity contribution < 1.29 is 4.74 Å². The van der Waals surface area contributed by atoms with Crippen LogP contribution in [0.3, 0.4) is 0 Å². The molecule has 0 N–H and O–H groups in total. The molecule has 1 heterocycles. The second kappa shape index (κ2) is 10.9. The van der Waals surface area contributed by atoms with Crippen molar-refractivity contribution in [3.05, 3.63) is 35.4 Å². The first-order valence-electron chi connectivity index (χ1n) is 10.0.